The lowest BCUT2D eigenvalue weighted by atomic mass is 9.87. The van der Waals surface area contributed by atoms with Crippen LogP contribution in [0.5, 0.6) is 0 Å². The number of aromatic nitrogens is 6. The number of nitriles is 1. The largest absolute Gasteiger partial charge is 0.344 e. The molecule has 0 saturated carbocycles. The first kappa shape index (κ1) is 20.0. The number of anilines is 2. The number of rotatable bonds is 5. The molecule has 9 heteroatoms. The minimum Gasteiger partial charge on any atom is -0.344 e. The molecule has 0 saturated heterocycles. The molecule has 0 fully saturated rings. The van der Waals surface area contributed by atoms with E-state index in [1.165, 1.54) is 23.3 Å². The number of hydrogen-bond acceptors (Lipinski definition) is 7. The lowest BCUT2D eigenvalue weighted by Gasteiger charge is -2.15. The summed E-state index contributed by atoms with van der Waals surface area (Å²) in [6, 6.07) is 9.44. The second kappa shape index (κ2) is 7.84. The zero-order valence-corrected chi connectivity index (χ0v) is 17.3. The molecule has 9 nitrogen and oxygen atoms in total. The molecule has 3 aromatic heterocycles. The number of nitrogens with zero attached hydrogens (tertiary/aromatic N) is 6. The summed E-state index contributed by atoms with van der Waals surface area (Å²) >= 11 is 0. The molecule has 0 aliphatic rings. The average molecular weight is 412 g/mol. The maximum absolute atomic E-state index is 12.7. The third kappa shape index (κ3) is 4.18. The van der Waals surface area contributed by atoms with Crippen molar-refractivity contribution in [3.05, 3.63) is 54.6 Å². The Morgan fingerprint density at radius 3 is 2.71 bits per heavy atom. The smallest absolute Gasteiger partial charge is 0.181 e. The molecule has 0 amide bonds. The zero-order chi connectivity index (χ0) is 22.0. The van der Waals surface area contributed by atoms with E-state index in [4.69, 9.17) is 5.26 Å². The molecular formula is C22H20N8O. The predicted octanol–water partition coefficient (Wildman–Crippen LogP) is 4.18. The number of carbonyl (C=O) groups excluding carboxylic acids is 1. The van der Waals surface area contributed by atoms with Crippen molar-refractivity contribution in [2.45, 2.75) is 20.8 Å². The summed E-state index contributed by atoms with van der Waals surface area (Å²) < 4.78 is 1.48. The number of ketones is 1. The maximum Gasteiger partial charge on any atom is 0.181 e. The van der Waals surface area contributed by atoms with Gasteiger partial charge < -0.3 is 10.3 Å². The second-order valence-electron chi connectivity index (χ2n) is 7.93. The van der Waals surface area contributed by atoms with Gasteiger partial charge in [0.05, 0.1) is 17.8 Å². The lowest BCUT2D eigenvalue weighted by Crippen LogP contribution is -2.20. The number of benzene rings is 1. The minimum absolute atomic E-state index is 0.00565. The van der Waals surface area contributed by atoms with E-state index < -0.39 is 5.41 Å². The Hall–Kier alpha value is -4.32. The summed E-state index contributed by atoms with van der Waals surface area (Å²) in [5, 5.41) is 16.1. The molecule has 0 spiro atoms. The van der Waals surface area contributed by atoms with Crippen LogP contribution in [0.2, 0.25) is 0 Å². The van der Waals surface area contributed by atoms with Crippen LogP contribution < -0.4 is 5.32 Å². The van der Waals surface area contributed by atoms with Crippen LogP contribution in [0.4, 0.5) is 11.5 Å². The van der Waals surface area contributed by atoms with Gasteiger partial charge in [0.1, 0.15) is 17.7 Å². The van der Waals surface area contributed by atoms with Crippen molar-refractivity contribution >= 4 is 34.7 Å². The molecule has 4 rings (SSSR count). The van der Waals surface area contributed by atoms with Gasteiger partial charge in [-0.05, 0) is 24.3 Å². The first-order valence-corrected chi connectivity index (χ1v) is 9.59. The molecule has 1 aromatic carbocycles. The highest BCUT2D eigenvalue weighted by Crippen LogP contribution is 2.26. The number of aromatic amines is 1. The summed E-state index contributed by atoms with van der Waals surface area (Å²) in [6.45, 7) is 5.63. The Kier molecular flexibility index (Phi) is 5.05. The number of nitrogens with one attached hydrogen (secondary N) is 2. The van der Waals surface area contributed by atoms with Gasteiger partial charge in [-0.2, -0.15) is 5.26 Å². The highest BCUT2D eigenvalue weighted by atomic mass is 16.1. The summed E-state index contributed by atoms with van der Waals surface area (Å²) in [6.07, 6.45) is 7.67. The summed E-state index contributed by atoms with van der Waals surface area (Å²) in [7, 11) is 0. The monoisotopic (exact) mass is 412 g/mol. The minimum atomic E-state index is -0.512. The van der Waals surface area contributed by atoms with Crippen molar-refractivity contribution in [1.82, 2.24) is 29.7 Å². The van der Waals surface area contributed by atoms with Crippen molar-refractivity contribution in [3.63, 3.8) is 0 Å². The van der Waals surface area contributed by atoms with Crippen molar-refractivity contribution in [1.29, 1.82) is 5.26 Å². The first-order chi connectivity index (χ1) is 14.8. The van der Waals surface area contributed by atoms with Crippen molar-refractivity contribution in [3.8, 4) is 17.5 Å². The number of H-pyrrole nitrogens is 1. The van der Waals surface area contributed by atoms with E-state index in [0.29, 0.717) is 28.4 Å². The molecule has 4 aromatic rings. The predicted molar refractivity (Wildman–Crippen MR) is 117 cm³/mol. The quantitative estimate of drug-likeness (QED) is 0.372. The summed E-state index contributed by atoms with van der Waals surface area (Å²) in [5.74, 6) is 1.09. The van der Waals surface area contributed by atoms with E-state index in [2.05, 4.69) is 30.4 Å². The van der Waals surface area contributed by atoms with Gasteiger partial charge in [-0.1, -0.05) is 20.8 Å². The van der Waals surface area contributed by atoms with E-state index in [1.54, 1.807) is 12.4 Å². The molecular weight excluding hydrogens is 392 g/mol. The van der Waals surface area contributed by atoms with Crippen LogP contribution in [0.25, 0.3) is 28.8 Å². The molecule has 0 aliphatic heterocycles. The zero-order valence-electron chi connectivity index (χ0n) is 17.3. The van der Waals surface area contributed by atoms with Gasteiger partial charge in [-0.25, -0.2) is 19.6 Å². The Bertz CT molecular complexity index is 1320. The van der Waals surface area contributed by atoms with Crippen LogP contribution in [0, 0.1) is 16.7 Å². The van der Waals surface area contributed by atoms with Gasteiger partial charge >= 0.3 is 0 Å². The third-order valence-corrected chi connectivity index (χ3v) is 4.53. The van der Waals surface area contributed by atoms with Gasteiger partial charge in [-0.15, -0.1) is 5.10 Å². The average Bonchev–Trinajstić information content (AvgIpc) is 3.38. The second-order valence-corrected chi connectivity index (χ2v) is 7.93. The Balaban J connectivity index is 1.55. The molecule has 0 radical (unpaired) electrons. The van der Waals surface area contributed by atoms with E-state index in [1.807, 2.05) is 51.1 Å². The van der Waals surface area contributed by atoms with Gasteiger partial charge in [0.2, 0.25) is 0 Å². The highest BCUT2D eigenvalue weighted by Gasteiger charge is 2.26. The fourth-order valence-corrected chi connectivity index (χ4v) is 2.97. The van der Waals surface area contributed by atoms with Crippen molar-refractivity contribution in [2.75, 3.05) is 5.32 Å². The summed E-state index contributed by atoms with van der Waals surface area (Å²) in [4.78, 5) is 28.9. The molecule has 31 heavy (non-hydrogen) atoms. The van der Waals surface area contributed by atoms with Gasteiger partial charge in [0.25, 0.3) is 0 Å². The van der Waals surface area contributed by atoms with Crippen LogP contribution in [0.15, 0.2) is 49.1 Å². The maximum atomic E-state index is 12.7. The van der Waals surface area contributed by atoms with Crippen LogP contribution in [0.1, 0.15) is 31.1 Å². The fraction of sp³-hybridized carbons (Fsp3) is 0.182. The molecule has 0 aliphatic carbocycles. The molecule has 154 valence electrons. The molecule has 0 bridgehead atoms. The van der Waals surface area contributed by atoms with Gasteiger partial charge in [0.15, 0.2) is 17.3 Å². The Morgan fingerprint density at radius 1 is 1.23 bits per heavy atom. The van der Waals surface area contributed by atoms with E-state index in [0.717, 1.165) is 11.3 Å². The van der Waals surface area contributed by atoms with Crippen molar-refractivity contribution < 1.29 is 4.79 Å². The van der Waals surface area contributed by atoms with Gasteiger partial charge in [0, 0.05) is 35.1 Å². The molecule has 0 atom stereocenters. The Labute approximate surface area is 178 Å². The van der Waals surface area contributed by atoms with Crippen LogP contribution >= 0.6 is 0 Å². The standard InChI is InChI=1S/C22H20N8O/c1-22(2,3)19(31)16-11-24-21-18(16)28-17(12-25-21)27-15-7-5-14(6-8-15)20-26-13-30(29-20)10-4-9-23/h4-8,10-13H,1-3H3,(H,24,25)(H,27,28). The third-order valence-electron chi connectivity index (χ3n) is 4.53. The fourth-order valence-electron chi connectivity index (χ4n) is 2.97. The van der Waals surface area contributed by atoms with Crippen LogP contribution in [0.3, 0.4) is 0 Å². The Morgan fingerprint density at radius 2 is 2.00 bits per heavy atom. The van der Waals surface area contributed by atoms with Crippen LogP contribution in [-0.4, -0.2) is 35.5 Å². The van der Waals surface area contributed by atoms with E-state index >= 15 is 0 Å². The van der Waals surface area contributed by atoms with E-state index in [-0.39, 0.29) is 5.78 Å². The number of fused-ring (bicyclic) bond motifs is 1. The topological polar surface area (TPSA) is 125 Å². The number of Topliss-reactive ketones (excluding diaryl/α,β-unsaturated/α-hetero) is 1. The molecule has 2 N–H and O–H groups in total. The number of carbonyl (C=O) groups is 1. The number of allylic oxidation sites excluding steroid dienone is 1. The molecule has 3 heterocycles. The molecule has 0 unspecified atom stereocenters. The highest BCUT2D eigenvalue weighted by molar-refractivity contribution is 6.08. The summed E-state index contributed by atoms with van der Waals surface area (Å²) in [5.41, 5.74) is 2.77. The lowest BCUT2D eigenvalue weighted by molar-refractivity contribution is 0.0860. The van der Waals surface area contributed by atoms with Crippen LogP contribution in [-0.2, 0) is 0 Å². The first-order valence-electron chi connectivity index (χ1n) is 9.59. The normalized spacial score (nSPS) is 11.7. The van der Waals surface area contributed by atoms with E-state index in [9.17, 15) is 4.79 Å². The van der Waals surface area contributed by atoms with Crippen molar-refractivity contribution in [2.24, 2.45) is 5.41 Å². The number of hydrogen-bond donors (Lipinski definition) is 2. The SMILES string of the molecule is CC(C)(C)C(=O)c1c[nH]c2ncc(Nc3ccc(-c4ncn(C=CC#N)n4)cc3)nc12. The van der Waals surface area contributed by atoms with Gasteiger partial charge in [-0.3, -0.25) is 4.79 Å².